The highest BCUT2D eigenvalue weighted by atomic mass is 32.2. The maximum atomic E-state index is 12.8. The smallest absolute Gasteiger partial charge is 0.259 e. The molecule has 0 unspecified atom stereocenters. The molecular weight excluding hydrogens is 329 g/mol. The second-order valence-corrected chi connectivity index (χ2v) is 6.04. The molecule has 0 aliphatic heterocycles. The molecule has 2 aromatic carbocycles. The van der Waals surface area contributed by atoms with Crippen LogP contribution in [0.3, 0.4) is 0 Å². The minimum atomic E-state index is -0.313. The molecule has 5 nitrogen and oxygen atoms in total. The molecule has 0 radical (unpaired) electrons. The van der Waals surface area contributed by atoms with E-state index < -0.39 is 0 Å². The van der Waals surface area contributed by atoms with E-state index in [2.05, 4.69) is 15.3 Å². The summed E-state index contributed by atoms with van der Waals surface area (Å²) in [4.78, 5) is 30.8. The summed E-state index contributed by atoms with van der Waals surface area (Å²) in [6.45, 7) is 0.321. The number of aromatic amines is 1. The Kier molecular flexibility index (Phi) is 4.90. The number of H-pyrrole nitrogens is 1. The highest BCUT2D eigenvalue weighted by Crippen LogP contribution is 2.14. The number of nitrogens with zero attached hydrogens (tertiary/aromatic N) is 1. The van der Waals surface area contributed by atoms with Crippen LogP contribution in [0.1, 0.15) is 5.56 Å². The van der Waals surface area contributed by atoms with Gasteiger partial charge in [0.1, 0.15) is 5.82 Å². The molecule has 1 amide bonds. The fourth-order valence-corrected chi connectivity index (χ4v) is 2.82. The van der Waals surface area contributed by atoms with Gasteiger partial charge in [0.25, 0.3) is 5.56 Å². The number of aromatic nitrogens is 2. The lowest BCUT2D eigenvalue weighted by Crippen LogP contribution is -2.24. The zero-order chi connectivity index (χ0) is 16.9. The van der Waals surface area contributed by atoms with Gasteiger partial charge in [-0.05, 0) is 29.8 Å². The minimum absolute atomic E-state index is 0.127. The normalized spacial score (nSPS) is 10.7. The molecule has 1 aromatic heterocycles. The van der Waals surface area contributed by atoms with Crippen LogP contribution in [-0.4, -0.2) is 21.6 Å². The lowest BCUT2D eigenvalue weighted by atomic mass is 10.2. The molecule has 0 aliphatic rings. The van der Waals surface area contributed by atoms with Crippen LogP contribution in [0.4, 0.5) is 4.39 Å². The Morgan fingerprint density at radius 1 is 1.17 bits per heavy atom. The van der Waals surface area contributed by atoms with Crippen LogP contribution < -0.4 is 10.9 Å². The number of hydrogen-bond donors (Lipinski definition) is 2. The molecule has 0 aliphatic carbocycles. The highest BCUT2D eigenvalue weighted by Gasteiger charge is 2.07. The number of amides is 1. The molecule has 0 spiro atoms. The average Bonchev–Trinajstić information content (AvgIpc) is 2.59. The number of thioether (sulfide) groups is 1. The van der Waals surface area contributed by atoms with Crippen LogP contribution in [0.25, 0.3) is 10.9 Å². The Labute approximate surface area is 141 Å². The van der Waals surface area contributed by atoms with Crippen LogP contribution in [-0.2, 0) is 11.3 Å². The van der Waals surface area contributed by atoms with Gasteiger partial charge in [0, 0.05) is 6.54 Å². The first-order valence-corrected chi connectivity index (χ1v) is 8.23. The summed E-state index contributed by atoms with van der Waals surface area (Å²) < 4.78 is 12.8. The standard InChI is InChI=1S/C17H14FN3O2S/c18-12-7-5-11(6-8-12)9-19-15(22)10-24-17-20-14-4-2-1-3-13(14)16(23)21-17/h1-8H,9-10H2,(H,19,22)(H,20,21,23). The van der Waals surface area contributed by atoms with Crippen molar-refractivity contribution in [2.45, 2.75) is 11.7 Å². The van der Waals surface area contributed by atoms with E-state index in [1.165, 1.54) is 12.1 Å². The molecule has 2 N–H and O–H groups in total. The first-order chi connectivity index (χ1) is 11.6. The topological polar surface area (TPSA) is 74.8 Å². The third-order valence-electron chi connectivity index (χ3n) is 3.33. The summed E-state index contributed by atoms with van der Waals surface area (Å²) in [6.07, 6.45) is 0. The third-order valence-corrected chi connectivity index (χ3v) is 4.21. The predicted octanol–water partition coefficient (Wildman–Crippen LogP) is 2.47. The van der Waals surface area contributed by atoms with Crippen molar-refractivity contribution >= 4 is 28.6 Å². The van der Waals surface area contributed by atoms with Crippen LogP contribution in [0.2, 0.25) is 0 Å². The van der Waals surface area contributed by atoms with Crippen molar-refractivity contribution in [1.82, 2.24) is 15.3 Å². The van der Waals surface area contributed by atoms with Crippen molar-refractivity contribution in [2.75, 3.05) is 5.75 Å². The minimum Gasteiger partial charge on any atom is -0.351 e. The second kappa shape index (κ2) is 7.27. The number of benzene rings is 2. The summed E-state index contributed by atoms with van der Waals surface area (Å²) >= 11 is 1.16. The van der Waals surface area contributed by atoms with Crippen LogP contribution >= 0.6 is 11.8 Å². The van der Waals surface area contributed by atoms with Gasteiger partial charge in [-0.2, -0.15) is 0 Å². The van der Waals surface area contributed by atoms with E-state index in [0.717, 1.165) is 17.3 Å². The lowest BCUT2D eigenvalue weighted by molar-refractivity contribution is -0.118. The van der Waals surface area contributed by atoms with Gasteiger partial charge in [-0.3, -0.25) is 9.59 Å². The SMILES string of the molecule is O=C(CSc1nc2ccccc2c(=O)[nH]1)NCc1ccc(F)cc1. The number of hydrogen-bond acceptors (Lipinski definition) is 4. The fourth-order valence-electron chi connectivity index (χ4n) is 2.12. The number of carbonyl (C=O) groups excluding carboxylic acids is 1. The zero-order valence-corrected chi connectivity index (χ0v) is 13.4. The van der Waals surface area contributed by atoms with Crippen LogP contribution in [0.15, 0.2) is 58.5 Å². The Bertz CT molecular complexity index is 925. The van der Waals surface area contributed by atoms with E-state index >= 15 is 0 Å². The summed E-state index contributed by atoms with van der Waals surface area (Å²) in [5, 5.41) is 3.65. The zero-order valence-electron chi connectivity index (χ0n) is 12.6. The molecule has 0 fully saturated rings. The largest absolute Gasteiger partial charge is 0.351 e. The average molecular weight is 343 g/mol. The van der Waals surface area contributed by atoms with Crippen LogP contribution in [0, 0.1) is 5.82 Å². The first kappa shape index (κ1) is 16.2. The van der Waals surface area contributed by atoms with Gasteiger partial charge >= 0.3 is 0 Å². The Balaban J connectivity index is 1.58. The molecule has 3 aromatic rings. The van der Waals surface area contributed by atoms with Gasteiger partial charge in [-0.25, -0.2) is 9.37 Å². The Morgan fingerprint density at radius 2 is 1.92 bits per heavy atom. The Morgan fingerprint density at radius 3 is 2.71 bits per heavy atom. The van der Waals surface area contributed by atoms with E-state index in [1.807, 2.05) is 0 Å². The number of nitrogens with one attached hydrogen (secondary N) is 2. The summed E-state index contributed by atoms with van der Waals surface area (Å²) in [6, 6.07) is 13.0. The third kappa shape index (κ3) is 3.99. The molecule has 24 heavy (non-hydrogen) atoms. The van der Waals surface area contributed by atoms with Crippen LogP contribution in [0.5, 0.6) is 0 Å². The fraction of sp³-hybridized carbons (Fsp3) is 0.118. The molecular formula is C17H14FN3O2S. The van der Waals surface area contributed by atoms with Crippen molar-refractivity contribution in [1.29, 1.82) is 0 Å². The van der Waals surface area contributed by atoms with Crippen molar-refractivity contribution in [3.05, 3.63) is 70.3 Å². The number of carbonyl (C=O) groups is 1. The van der Waals surface area contributed by atoms with Gasteiger partial charge in [-0.1, -0.05) is 36.0 Å². The molecule has 3 rings (SSSR count). The maximum absolute atomic E-state index is 12.8. The molecule has 0 atom stereocenters. The summed E-state index contributed by atoms with van der Waals surface area (Å²) in [7, 11) is 0. The van der Waals surface area contributed by atoms with E-state index in [1.54, 1.807) is 36.4 Å². The molecule has 0 bridgehead atoms. The van der Waals surface area contributed by atoms with Gasteiger partial charge in [0.15, 0.2) is 5.16 Å². The summed E-state index contributed by atoms with van der Waals surface area (Å²) in [5.41, 5.74) is 1.18. The quantitative estimate of drug-likeness (QED) is 0.551. The Hall–Kier alpha value is -2.67. The predicted molar refractivity (Wildman–Crippen MR) is 91.3 cm³/mol. The van der Waals surface area contributed by atoms with Crippen molar-refractivity contribution < 1.29 is 9.18 Å². The number of para-hydroxylation sites is 1. The van der Waals surface area contributed by atoms with Gasteiger partial charge in [-0.15, -0.1) is 0 Å². The van der Waals surface area contributed by atoms with Gasteiger partial charge in [0.2, 0.25) is 5.91 Å². The van der Waals surface area contributed by atoms with Gasteiger partial charge in [0.05, 0.1) is 16.7 Å². The molecule has 1 heterocycles. The lowest BCUT2D eigenvalue weighted by Gasteiger charge is -2.05. The monoisotopic (exact) mass is 343 g/mol. The van der Waals surface area contributed by atoms with E-state index in [9.17, 15) is 14.0 Å². The van der Waals surface area contributed by atoms with E-state index in [4.69, 9.17) is 0 Å². The maximum Gasteiger partial charge on any atom is 0.259 e. The number of fused-ring (bicyclic) bond motifs is 1. The molecule has 7 heteroatoms. The molecule has 122 valence electrons. The van der Waals surface area contributed by atoms with Crippen molar-refractivity contribution in [3.63, 3.8) is 0 Å². The number of rotatable bonds is 5. The van der Waals surface area contributed by atoms with Crippen molar-refractivity contribution in [3.8, 4) is 0 Å². The van der Waals surface area contributed by atoms with E-state index in [-0.39, 0.29) is 23.0 Å². The van der Waals surface area contributed by atoms with E-state index in [0.29, 0.717) is 22.6 Å². The molecule has 0 saturated carbocycles. The number of halogens is 1. The van der Waals surface area contributed by atoms with Crippen molar-refractivity contribution in [2.24, 2.45) is 0 Å². The highest BCUT2D eigenvalue weighted by molar-refractivity contribution is 7.99. The second-order valence-electron chi connectivity index (χ2n) is 5.08. The first-order valence-electron chi connectivity index (χ1n) is 7.25. The van der Waals surface area contributed by atoms with Gasteiger partial charge < -0.3 is 10.3 Å². The molecule has 0 saturated heterocycles. The summed E-state index contributed by atoms with van der Waals surface area (Å²) in [5.74, 6) is -0.380.